The summed E-state index contributed by atoms with van der Waals surface area (Å²) in [6.07, 6.45) is -1.62. The topological polar surface area (TPSA) is 94.8 Å². The van der Waals surface area contributed by atoms with Gasteiger partial charge in [0.05, 0.1) is 5.56 Å². The smallest absolute Gasteiger partial charge is 0.337 e. The first-order valence-electron chi connectivity index (χ1n) is 5.17. The number of carbonyl (C=O) groups is 2. The number of carboxylic acid groups (broad SMARTS) is 2. The molecule has 2 rings (SSSR count). The molecular weight excluding hydrogens is 236 g/mol. The fourth-order valence-corrected chi connectivity index (χ4v) is 1.81. The van der Waals surface area contributed by atoms with Crippen molar-refractivity contribution < 1.29 is 24.9 Å². The third kappa shape index (κ3) is 2.03. The zero-order valence-electron chi connectivity index (χ0n) is 9.20. The molecule has 0 radical (unpaired) electrons. The highest BCUT2D eigenvalue weighted by atomic mass is 16.4. The Kier molecular flexibility index (Phi) is 2.99. The minimum atomic E-state index is -1.62. The maximum atomic E-state index is 10.8. The largest absolute Gasteiger partial charge is 0.479 e. The summed E-state index contributed by atoms with van der Waals surface area (Å²) < 4.78 is 0. The molecule has 18 heavy (non-hydrogen) atoms. The van der Waals surface area contributed by atoms with Gasteiger partial charge in [-0.1, -0.05) is 24.3 Å². The molecule has 1 unspecified atom stereocenters. The van der Waals surface area contributed by atoms with Crippen LogP contribution in [-0.4, -0.2) is 27.3 Å². The van der Waals surface area contributed by atoms with E-state index in [4.69, 9.17) is 10.2 Å². The van der Waals surface area contributed by atoms with E-state index in [9.17, 15) is 14.7 Å². The van der Waals surface area contributed by atoms with Gasteiger partial charge in [0.15, 0.2) is 6.10 Å². The number of fused-ring (bicyclic) bond motifs is 1. The van der Waals surface area contributed by atoms with Crippen molar-refractivity contribution in [2.75, 3.05) is 0 Å². The first-order valence-corrected chi connectivity index (χ1v) is 5.17. The Morgan fingerprint density at radius 1 is 1.06 bits per heavy atom. The van der Waals surface area contributed by atoms with Crippen LogP contribution in [-0.2, 0) is 4.79 Å². The zero-order valence-corrected chi connectivity index (χ0v) is 9.20. The van der Waals surface area contributed by atoms with Crippen molar-refractivity contribution in [2.24, 2.45) is 0 Å². The second-order valence-electron chi connectivity index (χ2n) is 3.83. The van der Waals surface area contributed by atoms with Gasteiger partial charge in [0.25, 0.3) is 0 Å². The van der Waals surface area contributed by atoms with Gasteiger partial charge in [-0.15, -0.1) is 0 Å². The molecule has 1 atom stereocenters. The molecule has 0 bridgehead atoms. The minimum absolute atomic E-state index is 0.115. The average molecular weight is 246 g/mol. The number of aromatic carboxylic acids is 1. The van der Waals surface area contributed by atoms with Gasteiger partial charge in [0.1, 0.15) is 0 Å². The summed E-state index contributed by atoms with van der Waals surface area (Å²) in [5, 5.41) is 28.3. The fourth-order valence-electron chi connectivity index (χ4n) is 1.81. The van der Waals surface area contributed by atoms with Crippen LogP contribution in [0.2, 0.25) is 0 Å². The van der Waals surface area contributed by atoms with Crippen LogP contribution >= 0.6 is 0 Å². The summed E-state index contributed by atoms with van der Waals surface area (Å²) in [7, 11) is 0. The van der Waals surface area contributed by atoms with Crippen molar-refractivity contribution in [3.05, 3.63) is 47.5 Å². The lowest BCUT2D eigenvalue weighted by molar-refractivity contribution is -0.146. The monoisotopic (exact) mass is 246 g/mol. The highest BCUT2D eigenvalue weighted by Crippen LogP contribution is 2.25. The Hall–Kier alpha value is -2.40. The molecule has 5 nitrogen and oxygen atoms in total. The summed E-state index contributed by atoms with van der Waals surface area (Å²) in [5.41, 5.74) is 0.362. The Bertz CT molecular complexity index is 632. The third-order valence-corrected chi connectivity index (χ3v) is 2.69. The quantitative estimate of drug-likeness (QED) is 0.765. The fraction of sp³-hybridized carbons (Fsp3) is 0.0769. The molecule has 0 aromatic heterocycles. The molecule has 2 aromatic rings. The van der Waals surface area contributed by atoms with E-state index in [2.05, 4.69) is 0 Å². The maximum Gasteiger partial charge on any atom is 0.337 e. The van der Waals surface area contributed by atoms with Crippen LogP contribution in [0.1, 0.15) is 22.0 Å². The summed E-state index contributed by atoms with van der Waals surface area (Å²) in [6.45, 7) is 0. The minimum Gasteiger partial charge on any atom is -0.479 e. The molecule has 0 heterocycles. The van der Waals surface area contributed by atoms with Crippen molar-refractivity contribution >= 4 is 22.7 Å². The highest BCUT2D eigenvalue weighted by Gasteiger charge is 2.18. The molecule has 92 valence electrons. The summed E-state index contributed by atoms with van der Waals surface area (Å²) in [4.78, 5) is 21.6. The highest BCUT2D eigenvalue weighted by molar-refractivity contribution is 5.96. The molecule has 0 spiro atoms. The molecule has 0 amide bonds. The van der Waals surface area contributed by atoms with Gasteiger partial charge in [-0.05, 0) is 28.5 Å². The number of hydrogen-bond donors (Lipinski definition) is 3. The van der Waals surface area contributed by atoms with Gasteiger partial charge in [-0.2, -0.15) is 0 Å². The Morgan fingerprint density at radius 2 is 1.78 bits per heavy atom. The number of hydrogen-bond acceptors (Lipinski definition) is 3. The molecule has 0 saturated carbocycles. The lowest BCUT2D eigenvalue weighted by atomic mass is 9.99. The lowest BCUT2D eigenvalue weighted by Gasteiger charge is -2.10. The Balaban J connectivity index is 2.64. The predicted octanol–water partition coefficient (Wildman–Crippen LogP) is 1.66. The first-order chi connectivity index (χ1) is 8.50. The molecule has 2 aromatic carbocycles. The lowest BCUT2D eigenvalue weighted by Crippen LogP contribution is -2.10. The number of benzene rings is 2. The van der Waals surface area contributed by atoms with E-state index in [1.165, 1.54) is 24.3 Å². The van der Waals surface area contributed by atoms with E-state index >= 15 is 0 Å². The second-order valence-corrected chi connectivity index (χ2v) is 3.83. The van der Waals surface area contributed by atoms with Crippen molar-refractivity contribution in [3.63, 3.8) is 0 Å². The first kappa shape index (κ1) is 12.1. The van der Waals surface area contributed by atoms with Gasteiger partial charge in [-0.3, -0.25) is 0 Å². The van der Waals surface area contributed by atoms with Crippen molar-refractivity contribution in [1.82, 2.24) is 0 Å². The predicted molar refractivity (Wildman–Crippen MR) is 63.5 cm³/mol. The third-order valence-electron chi connectivity index (χ3n) is 2.69. The van der Waals surface area contributed by atoms with E-state index in [1.54, 1.807) is 12.1 Å². The summed E-state index contributed by atoms with van der Waals surface area (Å²) >= 11 is 0. The van der Waals surface area contributed by atoms with Crippen LogP contribution in [0, 0.1) is 0 Å². The van der Waals surface area contributed by atoms with Crippen LogP contribution in [0.15, 0.2) is 36.4 Å². The number of rotatable bonds is 3. The van der Waals surface area contributed by atoms with Crippen molar-refractivity contribution in [3.8, 4) is 0 Å². The molecule has 0 aliphatic heterocycles. The Labute approximate surface area is 102 Å². The van der Waals surface area contributed by atoms with Crippen LogP contribution in [0.25, 0.3) is 10.8 Å². The van der Waals surface area contributed by atoms with Crippen LogP contribution < -0.4 is 0 Å². The molecule has 0 aliphatic carbocycles. The van der Waals surface area contributed by atoms with Gasteiger partial charge in [0, 0.05) is 0 Å². The van der Waals surface area contributed by atoms with Crippen LogP contribution in [0.3, 0.4) is 0 Å². The molecule has 0 aliphatic rings. The van der Waals surface area contributed by atoms with E-state index in [-0.39, 0.29) is 11.1 Å². The number of aliphatic hydroxyl groups is 1. The van der Waals surface area contributed by atoms with E-state index in [0.717, 1.165) is 0 Å². The Morgan fingerprint density at radius 3 is 2.39 bits per heavy atom. The molecule has 3 N–H and O–H groups in total. The van der Waals surface area contributed by atoms with E-state index in [0.29, 0.717) is 10.8 Å². The second kappa shape index (κ2) is 4.46. The SMILES string of the molecule is O=C(O)c1ccc2c(C(O)C(=O)O)cccc2c1. The number of aliphatic hydroxyl groups excluding tert-OH is 1. The van der Waals surface area contributed by atoms with Gasteiger partial charge < -0.3 is 15.3 Å². The van der Waals surface area contributed by atoms with E-state index in [1.807, 2.05) is 0 Å². The van der Waals surface area contributed by atoms with Gasteiger partial charge in [-0.25, -0.2) is 9.59 Å². The van der Waals surface area contributed by atoms with Crippen molar-refractivity contribution in [2.45, 2.75) is 6.10 Å². The normalized spacial score (nSPS) is 12.3. The number of aliphatic carboxylic acids is 1. The zero-order chi connectivity index (χ0) is 13.3. The van der Waals surface area contributed by atoms with Gasteiger partial charge in [0.2, 0.25) is 0 Å². The molecule has 0 fully saturated rings. The molecule has 5 heteroatoms. The summed E-state index contributed by atoms with van der Waals surface area (Å²) in [6, 6.07) is 9.07. The standard InChI is InChI=1S/C13H10O5/c14-11(13(17)18)10-3-1-2-7-6-8(12(15)16)4-5-9(7)10/h1-6,11,14H,(H,15,16)(H,17,18). The number of carboxylic acids is 2. The summed E-state index contributed by atoms with van der Waals surface area (Å²) in [5.74, 6) is -2.40. The molecule has 0 saturated heterocycles. The van der Waals surface area contributed by atoms with Crippen LogP contribution in [0.5, 0.6) is 0 Å². The van der Waals surface area contributed by atoms with Crippen molar-refractivity contribution in [1.29, 1.82) is 0 Å². The van der Waals surface area contributed by atoms with E-state index < -0.39 is 18.0 Å². The van der Waals surface area contributed by atoms with Gasteiger partial charge >= 0.3 is 11.9 Å². The molecular formula is C13H10O5. The maximum absolute atomic E-state index is 10.8. The average Bonchev–Trinajstić information content (AvgIpc) is 2.36. The van der Waals surface area contributed by atoms with Crippen LogP contribution in [0.4, 0.5) is 0 Å².